The van der Waals surface area contributed by atoms with E-state index in [9.17, 15) is 17.6 Å². The monoisotopic (exact) mass is 327 g/mol. The highest BCUT2D eigenvalue weighted by molar-refractivity contribution is 7.18. The molecule has 0 saturated carbocycles. The quantitative estimate of drug-likeness (QED) is 0.660. The molecule has 110 valence electrons. The SMILES string of the molecule is CCc1cc2c(NCC(F)(F)C(F)F)nc(Cl)nc2s1. The first-order chi connectivity index (χ1) is 9.33. The molecule has 0 saturated heterocycles. The van der Waals surface area contributed by atoms with Gasteiger partial charge in [0.25, 0.3) is 0 Å². The van der Waals surface area contributed by atoms with Crippen molar-refractivity contribution in [1.82, 2.24) is 9.97 Å². The van der Waals surface area contributed by atoms with Crippen molar-refractivity contribution in [1.29, 1.82) is 0 Å². The molecule has 2 aromatic heterocycles. The van der Waals surface area contributed by atoms with Gasteiger partial charge in [0, 0.05) is 4.88 Å². The van der Waals surface area contributed by atoms with Gasteiger partial charge >= 0.3 is 12.3 Å². The summed E-state index contributed by atoms with van der Waals surface area (Å²) in [5, 5.41) is 2.61. The van der Waals surface area contributed by atoms with Crippen LogP contribution in [0.1, 0.15) is 11.8 Å². The van der Waals surface area contributed by atoms with Crippen molar-refractivity contribution in [3.8, 4) is 0 Å². The molecule has 2 heterocycles. The molecule has 9 heteroatoms. The molecule has 0 unspecified atom stereocenters. The Balaban J connectivity index is 2.31. The lowest BCUT2D eigenvalue weighted by Crippen LogP contribution is -2.35. The normalized spacial score (nSPS) is 12.3. The van der Waals surface area contributed by atoms with E-state index in [0.29, 0.717) is 10.2 Å². The maximum Gasteiger partial charge on any atom is 0.324 e. The summed E-state index contributed by atoms with van der Waals surface area (Å²) in [5.41, 5.74) is 0. The van der Waals surface area contributed by atoms with Crippen molar-refractivity contribution >= 4 is 39.0 Å². The van der Waals surface area contributed by atoms with E-state index >= 15 is 0 Å². The molecule has 1 N–H and O–H groups in total. The number of rotatable bonds is 5. The van der Waals surface area contributed by atoms with Crippen molar-refractivity contribution in [3.05, 3.63) is 16.2 Å². The van der Waals surface area contributed by atoms with Crippen LogP contribution in [0.3, 0.4) is 0 Å². The summed E-state index contributed by atoms with van der Waals surface area (Å²) in [6, 6.07) is 1.74. The molecule has 0 spiro atoms. The van der Waals surface area contributed by atoms with Crippen LogP contribution in [0.15, 0.2) is 6.07 Å². The van der Waals surface area contributed by atoms with Gasteiger partial charge in [-0.2, -0.15) is 8.78 Å². The minimum absolute atomic E-state index is 0.0382. The third-order valence-electron chi connectivity index (χ3n) is 2.58. The second-order valence-corrected chi connectivity index (χ2v) is 5.49. The van der Waals surface area contributed by atoms with Crippen LogP contribution < -0.4 is 5.32 Å². The average molecular weight is 328 g/mol. The Hall–Kier alpha value is -1.15. The lowest BCUT2D eigenvalue weighted by Gasteiger charge is -2.16. The molecule has 0 fully saturated rings. The summed E-state index contributed by atoms with van der Waals surface area (Å²) in [4.78, 5) is 9.27. The highest BCUT2D eigenvalue weighted by atomic mass is 35.5. The summed E-state index contributed by atoms with van der Waals surface area (Å²) >= 11 is 7.05. The summed E-state index contributed by atoms with van der Waals surface area (Å²) in [6.45, 7) is 0.711. The van der Waals surface area contributed by atoms with E-state index in [4.69, 9.17) is 11.6 Å². The van der Waals surface area contributed by atoms with Crippen molar-refractivity contribution < 1.29 is 17.6 Å². The molecule has 0 aliphatic rings. The molecular formula is C11H10ClF4N3S. The van der Waals surface area contributed by atoms with Gasteiger partial charge in [0.1, 0.15) is 10.6 Å². The third kappa shape index (κ3) is 3.12. The van der Waals surface area contributed by atoms with Crippen LogP contribution in [0, 0.1) is 0 Å². The first kappa shape index (κ1) is 15.2. The summed E-state index contributed by atoms with van der Waals surface area (Å²) in [7, 11) is 0. The standard InChI is InChI=1S/C11H10ClF4N3S/c1-2-5-3-6-7(17-4-11(15,16)9(13)14)18-10(12)19-8(6)20-5/h3,9H,2,4H2,1H3,(H,17,18,19). The number of fused-ring (bicyclic) bond motifs is 1. The first-order valence-corrected chi connectivity index (χ1v) is 6.88. The number of hydrogen-bond acceptors (Lipinski definition) is 4. The molecular weight excluding hydrogens is 318 g/mol. The van der Waals surface area contributed by atoms with Crippen LogP contribution in [-0.4, -0.2) is 28.9 Å². The second kappa shape index (κ2) is 5.69. The number of halogens is 5. The molecule has 0 aromatic carbocycles. The van der Waals surface area contributed by atoms with E-state index in [1.54, 1.807) is 6.07 Å². The first-order valence-electron chi connectivity index (χ1n) is 5.69. The zero-order valence-corrected chi connectivity index (χ0v) is 11.8. The van der Waals surface area contributed by atoms with Gasteiger partial charge < -0.3 is 5.32 Å². The molecule has 20 heavy (non-hydrogen) atoms. The summed E-state index contributed by atoms with van der Waals surface area (Å²) < 4.78 is 50.1. The number of nitrogens with zero attached hydrogens (tertiary/aromatic N) is 2. The van der Waals surface area contributed by atoms with Crippen LogP contribution in [0.25, 0.3) is 10.2 Å². The van der Waals surface area contributed by atoms with Gasteiger partial charge in [-0.25, -0.2) is 18.7 Å². The Morgan fingerprint density at radius 3 is 2.70 bits per heavy atom. The molecule has 2 aromatic rings. The number of thiophene rings is 1. The van der Waals surface area contributed by atoms with Crippen LogP contribution in [0.4, 0.5) is 23.4 Å². The lowest BCUT2D eigenvalue weighted by molar-refractivity contribution is -0.117. The zero-order chi connectivity index (χ0) is 14.9. The van der Waals surface area contributed by atoms with Gasteiger partial charge in [-0.15, -0.1) is 11.3 Å². The fraction of sp³-hybridized carbons (Fsp3) is 0.455. The molecule has 0 bridgehead atoms. The minimum atomic E-state index is -4.13. The Labute approximate surface area is 121 Å². The number of aryl methyl sites for hydroxylation is 1. The van der Waals surface area contributed by atoms with Crippen LogP contribution in [0.2, 0.25) is 5.28 Å². The predicted octanol–water partition coefficient (Wildman–Crippen LogP) is 4.22. The van der Waals surface area contributed by atoms with E-state index < -0.39 is 18.9 Å². The maximum atomic E-state index is 12.9. The molecule has 0 atom stereocenters. The lowest BCUT2D eigenvalue weighted by atomic mass is 10.3. The number of aromatic nitrogens is 2. The van der Waals surface area contributed by atoms with Gasteiger partial charge in [-0.05, 0) is 24.1 Å². The van der Waals surface area contributed by atoms with Crippen molar-refractivity contribution in [2.24, 2.45) is 0 Å². The molecule has 0 radical (unpaired) electrons. The minimum Gasteiger partial charge on any atom is -0.363 e. The third-order valence-corrected chi connectivity index (χ3v) is 3.92. The van der Waals surface area contributed by atoms with E-state index in [0.717, 1.165) is 11.3 Å². The Bertz CT molecular complexity index is 617. The molecule has 2 rings (SSSR count). The predicted molar refractivity (Wildman–Crippen MR) is 71.2 cm³/mol. The van der Waals surface area contributed by atoms with E-state index in [-0.39, 0.29) is 11.1 Å². The Morgan fingerprint density at radius 2 is 2.10 bits per heavy atom. The van der Waals surface area contributed by atoms with E-state index in [1.807, 2.05) is 6.92 Å². The molecule has 0 amide bonds. The summed E-state index contributed by atoms with van der Waals surface area (Å²) in [6.07, 6.45) is -3.00. The number of nitrogens with one attached hydrogen (secondary N) is 1. The van der Waals surface area contributed by atoms with E-state index in [2.05, 4.69) is 15.3 Å². The highest BCUT2D eigenvalue weighted by Gasteiger charge is 2.40. The van der Waals surface area contributed by atoms with E-state index in [1.165, 1.54) is 11.3 Å². The topological polar surface area (TPSA) is 37.8 Å². The maximum absolute atomic E-state index is 12.9. The fourth-order valence-electron chi connectivity index (χ4n) is 1.53. The highest BCUT2D eigenvalue weighted by Crippen LogP contribution is 2.31. The molecule has 0 aliphatic carbocycles. The summed E-state index contributed by atoms with van der Waals surface area (Å²) in [5.74, 6) is -4.09. The van der Waals surface area contributed by atoms with Crippen LogP contribution >= 0.6 is 22.9 Å². The van der Waals surface area contributed by atoms with Gasteiger partial charge in [0.2, 0.25) is 5.28 Å². The van der Waals surface area contributed by atoms with Gasteiger partial charge in [0.05, 0.1) is 11.9 Å². The van der Waals surface area contributed by atoms with Crippen molar-refractivity contribution in [2.45, 2.75) is 25.7 Å². The van der Waals surface area contributed by atoms with Crippen LogP contribution in [0.5, 0.6) is 0 Å². The van der Waals surface area contributed by atoms with Crippen molar-refractivity contribution in [3.63, 3.8) is 0 Å². The molecule has 0 aliphatic heterocycles. The Kier molecular flexibility index (Phi) is 4.33. The Morgan fingerprint density at radius 1 is 1.40 bits per heavy atom. The number of hydrogen-bond donors (Lipinski definition) is 1. The zero-order valence-electron chi connectivity index (χ0n) is 10.3. The van der Waals surface area contributed by atoms with Gasteiger partial charge in [-0.3, -0.25) is 0 Å². The van der Waals surface area contributed by atoms with Crippen LogP contribution in [-0.2, 0) is 6.42 Å². The number of anilines is 1. The smallest absolute Gasteiger partial charge is 0.324 e. The van der Waals surface area contributed by atoms with Crippen molar-refractivity contribution in [2.75, 3.05) is 11.9 Å². The second-order valence-electron chi connectivity index (χ2n) is 4.04. The molecule has 3 nitrogen and oxygen atoms in total. The largest absolute Gasteiger partial charge is 0.363 e. The van der Waals surface area contributed by atoms with Gasteiger partial charge in [0.15, 0.2) is 0 Å². The average Bonchev–Trinajstić information content (AvgIpc) is 2.78. The fourth-order valence-corrected chi connectivity index (χ4v) is 2.72. The number of alkyl halides is 4. The van der Waals surface area contributed by atoms with Gasteiger partial charge in [-0.1, -0.05) is 6.92 Å².